The molecule has 3 rings (SSSR count). The van der Waals surface area contributed by atoms with Crippen molar-refractivity contribution in [3.63, 3.8) is 0 Å². The summed E-state index contributed by atoms with van der Waals surface area (Å²) in [6.07, 6.45) is 12.9. The van der Waals surface area contributed by atoms with E-state index in [1.807, 2.05) is 0 Å². The molecule has 1 heterocycles. The quantitative estimate of drug-likeness (QED) is 0.810. The van der Waals surface area contributed by atoms with Crippen molar-refractivity contribution in [3.05, 3.63) is 0 Å². The largest absolute Gasteiger partial charge is 0.480 e. The van der Waals surface area contributed by atoms with E-state index in [4.69, 9.17) is 0 Å². The van der Waals surface area contributed by atoms with Gasteiger partial charge in [0.05, 0.1) is 0 Å². The molecule has 3 fully saturated rings. The maximum absolute atomic E-state index is 12.2. The van der Waals surface area contributed by atoms with Crippen molar-refractivity contribution >= 4 is 5.97 Å². The van der Waals surface area contributed by atoms with Crippen LogP contribution in [-0.2, 0) is 4.79 Å². The smallest absolute Gasteiger partial charge is 0.324 e. The van der Waals surface area contributed by atoms with E-state index in [9.17, 15) is 9.90 Å². The molecule has 3 nitrogen and oxygen atoms in total. The Hall–Kier alpha value is -0.570. The Morgan fingerprint density at radius 2 is 1.75 bits per heavy atom. The van der Waals surface area contributed by atoms with Crippen LogP contribution in [0.5, 0.6) is 0 Å². The molecular formula is C17H29NO2. The van der Waals surface area contributed by atoms with Gasteiger partial charge in [-0.1, -0.05) is 38.5 Å². The van der Waals surface area contributed by atoms with Crippen LogP contribution in [0, 0.1) is 11.8 Å². The number of aliphatic carboxylic acids is 1. The summed E-state index contributed by atoms with van der Waals surface area (Å²) < 4.78 is 0. The van der Waals surface area contributed by atoms with E-state index in [0.29, 0.717) is 11.8 Å². The van der Waals surface area contributed by atoms with Gasteiger partial charge in [-0.05, 0) is 50.9 Å². The molecule has 3 aliphatic rings. The second kappa shape index (κ2) is 5.32. The van der Waals surface area contributed by atoms with Gasteiger partial charge in [0.25, 0.3) is 0 Å². The van der Waals surface area contributed by atoms with Crippen molar-refractivity contribution in [1.82, 2.24) is 5.32 Å². The van der Waals surface area contributed by atoms with Gasteiger partial charge in [-0.25, -0.2) is 0 Å². The van der Waals surface area contributed by atoms with Crippen molar-refractivity contribution in [2.75, 3.05) is 0 Å². The van der Waals surface area contributed by atoms with Crippen molar-refractivity contribution in [1.29, 1.82) is 0 Å². The van der Waals surface area contributed by atoms with Gasteiger partial charge in [-0.2, -0.15) is 0 Å². The second-order valence-electron chi connectivity index (χ2n) is 7.82. The minimum atomic E-state index is -0.636. The van der Waals surface area contributed by atoms with E-state index in [0.717, 1.165) is 25.7 Å². The molecule has 0 aromatic heterocycles. The number of nitrogens with one attached hydrogen (secondary N) is 1. The maximum Gasteiger partial charge on any atom is 0.324 e. The summed E-state index contributed by atoms with van der Waals surface area (Å²) in [6.45, 7) is 2.27. The third-order valence-electron chi connectivity index (χ3n) is 6.15. The summed E-state index contributed by atoms with van der Waals surface area (Å²) in [5.74, 6) is 0.373. The lowest BCUT2D eigenvalue weighted by atomic mass is 9.64. The second-order valence-corrected chi connectivity index (χ2v) is 7.82. The highest BCUT2D eigenvalue weighted by Crippen LogP contribution is 2.47. The zero-order valence-electron chi connectivity index (χ0n) is 12.8. The van der Waals surface area contributed by atoms with Gasteiger partial charge in [-0.15, -0.1) is 0 Å². The summed E-state index contributed by atoms with van der Waals surface area (Å²) >= 11 is 0. The summed E-state index contributed by atoms with van der Waals surface area (Å²) in [4.78, 5) is 12.2. The summed E-state index contributed by atoms with van der Waals surface area (Å²) in [7, 11) is 0. The van der Waals surface area contributed by atoms with Crippen molar-refractivity contribution in [2.45, 2.75) is 88.6 Å². The van der Waals surface area contributed by atoms with E-state index in [2.05, 4.69) is 12.2 Å². The molecule has 1 saturated heterocycles. The average molecular weight is 279 g/mol. The lowest BCUT2D eigenvalue weighted by Gasteiger charge is -2.52. The summed E-state index contributed by atoms with van der Waals surface area (Å²) in [5.41, 5.74) is -0.586. The van der Waals surface area contributed by atoms with Gasteiger partial charge < -0.3 is 5.11 Å². The Balaban J connectivity index is 1.91. The number of carboxylic acids is 1. The molecule has 3 atom stereocenters. The molecule has 2 bridgehead atoms. The molecular weight excluding hydrogens is 250 g/mol. The number of hydrogen-bond acceptors (Lipinski definition) is 2. The van der Waals surface area contributed by atoms with Crippen molar-refractivity contribution in [3.8, 4) is 0 Å². The predicted octanol–water partition coefficient (Wildman–Crippen LogP) is 3.72. The third kappa shape index (κ3) is 2.49. The first-order chi connectivity index (χ1) is 9.54. The number of piperidine rings is 1. The van der Waals surface area contributed by atoms with Gasteiger partial charge in [0, 0.05) is 5.54 Å². The highest BCUT2D eigenvalue weighted by Gasteiger charge is 2.54. The van der Waals surface area contributed by atoms with E-state index in [-0.39, 0.29) is 5.54 Å². The lowest BCUT2D eigenvalue weighted by molar-refractivity contribution is -0.153. The zero-order chi connectivity index (χ0) is 14.2. The van der Waals surface area contributed by atoms with Gasteiger partial charge in [0.2, 0.25) is 0 Å². The van der Waals surface area contributed by atoms with Crippen molar-refractivity contribution in [2.24, 2.45) is 11.8 Å². The van der Waals surface area contributed by atoms with Crippen LogP contribution in [0.2, 0.25) is 0 Å². The van der Waals surface area contributed by atoms with Crippen LogP contribution in [-0.4, -0.2) is 22.2 Å². The molecule has 2 aliphatic carbocycles. The number of rotatable bonds is 2. The van der Waals surface area contributed by atoms with Crippen molar-refractivity contribution < 1.29 is 9.90 Å². The fraction of sp³-hybridized carbons (Fsp3) is 0.941. The molecule has 114 valence electrons. The zero-order valence-corrected chi connectivity index (χ0v) is 12.8. The Kier molecular flexibility index (Phi) is 3.83. The molecule has 20 heavy (non-hydrogen) atoms. The van der Waals surface area contributed by atoms with E-state index in [1.165, 1.54) is 44.9 Å². The monoisotopic (exact) mass is 279 g/mol. The molecule has 3 heteroatoms. The van der Waals surface area contributed by atoms with E-state index in [1.54, 1.807) is 0 Å². The SMILES string of the molecule is C[C@@]12CCCC[C@H](CC(C(=O)O)(C3CCCCC3)N1)C2. The highest BCUT2D eigenvalue weighted by molar-refractivity contribution is 5.79. The van der Waals surface area contributed by atoms with Crippen LogP contribution >= 0.6 is 0 Å². The number of carboxylic acid groups (broad SMARTS) is 1. The van der Waals surface area contributed by atoms with Crippen LogP contribution in [0.15, 0.2) is 0 Å². The van der Waals surface area contributed by atoms with Crippen LogP contribution in [0.3, 0.4) is 0 Å². The van der Waals surface area contributed by atoms with Crippen LogP contribution < -0.4 is 5.32 Å². The van der Waals surface area contributed by atoms with Gasteiger partial charge in [-0.3, -0.25) is 10.1 Å². The maximum atomic E-state index is 12.2. The first kappa shape index (κ1) is 14.4. The third-order valence-corrected chi connectivity index (χ3v) is 6.15. The Bertz CT molecular complexity index is 377. The molecule has 1 unspecified atom stereocenters. The average Bonchev–Trinajstić information content (AvgIpc) is 2.57. The van der Waals surface area contributed by atoms with Crippen LogP contribution in [0.1, 0.15) is 77.6 Å². The topological polar surface area (TPSA) is 49.3 Å². The Labute approximate surface area is 122 Å². The van der Waals surface area contributed by atoms with Crippen LogP contribution in [0.4, 0.5) is 0 Å². The molecule has 0 radical (unpaired) electrons. The molecule has 1 aliphatic heterocycles. The molecule has 2 N–H and O–H groups in total. The number of hydrogen-bond donors (Lipinski definition) is 2. The molecule has 0 aromatic rings. The summed E-state index contributed by atoms with van der Waals surface area (Å²) in [6, 6.07) is 0. The molecule has 0 amide bonds. The minimum Gasteiger partial charge on any atom is -0.480 e. The van der Waals surface area contributed by atoms with E-state index >= 15 is 0 Å². The fourth-order valence-electron chi connectivity index (χ4n) is 5.30. The van der Waals surface area contributed by atoms with E-state index < -0.39 is 11.5 Å². The number of carbonyl (C=O) groups is 1. The fourth-order valence-corrected chi connectivity index (χ4v) is 5.30. The van der Waals surface area contributed by atoms with Gasteiger partial charge in [0.15, 0.2) is 0 Å². The Morgan fingerprint density at radius 1 is 1.05 bits per heavy atom. The first-order valence-electron chi connectivity index (χ1n) is 8.57. The van der Waals surface area contributed by atoms with Gasteiger partial charge >= 0.3 is 5.97 Å². The predicted molar refractivity (Wildman–Crippen MR) is 79.7 cm³/mol. The molecule has 2 saturated carbocycles. The minimum absolute atomic E-state index is 0.0508. The highest BCUT2D eigenvalue weighted by atomic mass is 16.4. The Morgan fingerprint density at radius 3 is 2.45 bits per heavy atom. The number of fused-ring (bicyclic) bond motifs is 2. The molecule has 0 aromatic carbocycles. The molecule has 0 spiro atoms. The normalized spacial score (nSPS) is 43.0. The summed E-state index contributed by atoms with van der Waals surface area (Å²) in [5, 5.41) is 13.7. The first-order valence-corrected chi connectivity index (χ1v) is 8.57. The lowest BCUT2D eigenvalue weighted by Crippen LogP contribution is -2.68. The van der Waals surface area contributed by atoms with Crippen LogP contribution in [0.25, 0.3) is 0 Å². The standard InChI is InChI=1S/C17H29NO2/c1-16-10-6-5-7-13(11-16)12-17(18-16,15(19)20)14-8-3-2-4-9-14/h13-14,18H,2-12H2,1H3,(H,19,20)/t13-,16-,17?/m0/s1. The van der Waals surface area contributed by atoms with Gasteiger partial charge in [0.1, 0.15) is 5.54 Å².